The Bertz CT molecular complexity index is 611. The highest BCUT2D eigenvalue weighted by molar-refractivity contribution is 7.85. The van der Waals surface area contributed by atoms with Gasteiger partial charge in [-0.1, -0.05) is 49.4 Å². The van der Waals surface area contributed by atoms with E-state index in [0.717, 1.165) is 5.56 Å². The Morgan fingerprint density at radius 3 is 2.40 bits per heavy atom. The lowest BCUT2D eigenvalue weighted by molar-refractivity contribution is 0.0948. The van der Waals surface area contributed by atoms with E-state index in [4.69, 9.17) is 0 Å². The number of amides is 1. The third-order valence-corrected chi connectivity index (χ3v) is 4.31. The predicted octanol–water partition coefficient (Wildman–Crippen LogP) is 2.74. The van der Waals surface area contributed by atoms with E-state index in [-0.39, 0.29) is 5.91 Å². The van der Waals surface area contributed by atoms with Crippen LogP contribution in [-0.2, 0) is 17.3 Å². The second-order valence-corrected chi connectivity index (χ2v) is 6.01. The van der Waals surface area contributed by atoms with Gasteiger partial charge in [0.15, 0.2) is 0 Å². The van der Waals surface area contributed by atoms with Crippen molar-refractivity contribution >= 4 is 16.7 Å². The van der Waals surface area contributed by atoms with Gasteiger partial charge in [-0.25, -0.2) is 0 Å². The molecule has 0 heterocycles. The molecule has 1 N–H and O–H groups in total. The number of hydrogen-bond acceptors (Lipinski definition) is 2. The van der Waals surface area contributed by atoms with Gasteiger partial charge in [0.05, 0.1) is 21.3 Å². The van der Waals surface area contributed by atoms with Crippen molar-refractivity contribution in [2.75, 3.05) is 5.75 Å². The molecule has 0 bridgehead atoms. The highest BCUT2D eigenvalue weighted by atomic mass is 32.2. The Balaban J connectivity index is 2.12. The SMILES string of the molecule is CCS(=O)c1ccccc1C(=O)NCc1ccccc1. The average molecular weight is 287 g/mol. The van der Waals surface area contributed by atoms with E-state index in [1.54, 1.807) is 24.3 Å². The number of rotatable bonds is 5. The third-order valence-electron chi connectivity index (χ3n) is 2.94. The summed E-state index contributed by atoms with van der Waals surface area (Å²) in [5.41, 5.74) is 1.53. The van der Waals surface area contributed by atoms with Gasteiger partial charge < -0.3 is 5.32 Å². The molecule has 0 saturated heterocycles. The molecule has 104 valence electrons. The van der Waals surface area contributed by atoms with Crippen molar-refractivity contribution in [3.63, 3.8) is 0 Å². The van der Waals surface area contributed by atoms with Crippen molar-refractivity contribution in [3.05, 3.63) is 65.7 Å². The highest BCUT2D eigenvalue weighted by Gasteiger charge is 2.14. The van der Waals surface area contributed by atoms with E-state index in [2.05, 4.69) is 5.32 Å². The fourth-order valence-electron chi connectivity index (χ4n) is 1.88. The van der Waals surface area contributed by atoms with Gasteiger partial charge in [0.2, 0.25) is 0 Å². The molecule has 2 aromatic carbocycles. The number of benzene rings is 2. The lowest BCUT2D eigenvalue weighted by atomic mass is 10.2. The molecule has 0 spiro atoms. The minimum Gasteiger partial charge on any atom is -0.348 e. The van der Waals surface area contributed by atoms with Gasteiger partial charge in [0.25, 0.3) is 5.91 Å². The van der Waals surface area contributed by atoms with Crippen molar-refractivity contribution < 1.29 is 9.00 Å². The molecule has 1 amide bonds. The summed E-state index contributed by atoms with van der Waals surface area (Å²) >= 11 is 0. The van der Waals surface area contributed by atoms with Crippen molar-refractivity contribution in [3.8, 4) is 0 Å². The molecule has 0 aliphatic heterocycles. The second-order valence-electron chi connectivity index (χ2n) is 4.30. The molecule has 4 heteroatoms. The molecular formula is C16H17NO2S. The molecule has 20 heavy (non-hydrogen) atoms. The predicted molar refractivity (Wildman–Crippen MR) is 81.0 cm³/mol. The largest absolute Gasteiger partial charge is 0.348 e. The maximum absolute atomic E-state index is 12.2. The van der Waals surface area contributed by atoms with Gasteiger partial charge in [0.1, 0.15) is 0 Å². The molecule has 3 nitrogen and oxygen atoms in total. The minimum absolute atomic E-state index is 0.189. The van der Waals surface area contributed by atoms with Gasteiger partial charge in [-0.2, -0.15) is 0 Å². The topological polar surface area (TPSA) is 46.2 Å². The molecule has 0 fully saturated rings. The van der Waals surface area contributed by atoms with Crippen molar-refractivity contribution in [1.82, 2.24) is 5.32 Å². The van der Waals surface area contributed by atoms with Crippen LogP contribution in [0.15, 0.2) is 59.5 Å². The zero-order valence-corrected chi connectivity index (χ0v) is 12.2. The molecule has 2 rings (SSSR count). The summed E-state index contributed by atoms with van der Waals surface area (Å²) in [6.45, 7) is 2.31. The Labute approximate surface area is 121 Å². The summed E-state index contributed by atoms with van der Waals surface area (Å²) in [6, 6.07) is 16.8. The summed E-state index contributed by atoms with van der Waals surface area (Å²) in [6.07, 6.45) is 0. The van der Waals surface area contributed by atoms with E-state index >= 15 is 0 Å². The van der Waals surface area contributed by atoms with Crippen LogP contribution < -0.4 is 5.32 Å². The van der Waals surface area contributed by atoms with E-state index in [0.29, 0.717) is 22.8 Å². The van der Waals surface area contributed by atoms with Crippen LogP contribution in [0.1, 0.15) is 22.8 Å². The monoisotopic (exact) mass is 287 g/mol. The van der Waals surface area contributed by atoms with Crippen LogP contribution >= 0.6 is 0 Å². The second kappa shape index (κ2) is 7.01. The first-order chi connectivity index (χ1) is 9.72. The van der Waals surface area contributed by atoms with Crippen LogP contribution in [0.3, 0.4) is 0 Å². The smallest absolute Gasteiger partial charge is 0.252 e. The summed E-state index contributed by atoms with van der Waals surface area (Å²) in [5, 5.41) is 2.86. The fraction of sp³-hybridized carbons (Fsp3) is 0.188. The van der Waals surface area contributed by atoms with Crippen LogP contribution in [0.2, 0.25) is 0 Å². The first kappa shape index (κ1) is 14.5. The number of hydrogen-bond donors (Lipinski definition) is 1. The fourth-order valence-corrected chi connectivity index (χ4v) is 2.83. The lowest BCUT2D eigenvalue weighted by Gasteiger charge is -2.09. The van der Waals surface area contributed by atoms with Crippen molar-refractivity contribution in [1.29, 1.82) is 0 Å². The van der Waals surface area contributed by atoms with Gasteiger partial charge in [-0.05, 0) is 17.7 Å². The summed E-state index contributed by atoms with van der Waals surface area (Å²) in [4.78, 5) is 12.8. The average Bonchev–Trinajstić information content (AvgIpc) is 2.52. The molecule has 0 aromatic heterocycles. The maximum Gasteiger partial charge on any atom is 0.252 e. The quantitative estimate of drug-likeness (QED) is 0.919. The summed E-state index contributed by atoms with van der Waals surface area (Å²) in [7, 11) is -1.13. The Kier molecular flexibility index (Phi) is 5.07. The minimum atomic E-state index is -1.13. The van der Waals surface area contributed by atoms with Crippen LogP contribution in [0.5, 0.6) is 0 Å². The Morgan fingerprint density at radius 2 is 1.70 bits per heavy atom. The Hall–Kier alpha value is -1.94. The van der Waals surface area contributed by atoms with Crippen LogP contribution in [-0.4, -0.2) is 15.9 Å². The molecule has 0 aliphatic carbocycles. The maximum atomic E-state index is 12.2. The molecule has 1 atom stereocenters. The molecule has 0 radical (unpaired) electrons. The number of nitrogens with one attached hydrogen (secondary N) is 1. The van der Waals surface area contributed by atoms with Gasteiger partial charge in [0, 0.05) is 12.3 Å². The van der Waals surface area contributed by atoms with Crippen LogP contribution in [0, 0.1) is 0 Å². The highest BCUT2D eigenvalue weighted by Crippen LogP contribution is 2.14. The van der Waals surface area contributed by atoms with Crippen molar-refractivity contribution in [2.45, 2.75) is 18.4 Å². The molecule has 0 saturated carbocycles. The van der Waals surface area contributed by atoms with Gasteiger partial charge in [-0.3, -0.25) is 9.00 Å². The Morgan fingerprint density at radius 1 is 1.05 bits per heavy atom. The zero-order chi connectivity index (χ0) is 14.4. The summed E-state index contributed by atoms with van der Waals surface area (Å²) < 4.78 is 11.9. The summed E-state index contributed by atoms with van der Waals surface area (Å²) in [5.74, 6) is 0.314. The normalized spacial score (nSPS) is 11.8. The molecule has 2 aromatic rings. The first-order valence-electron chi connectivity index (χ1n) is 6.52. The molecule has 0 aliphatic rings. The van der Waals surface area contributed by atoms with E-state index in [1.165, 1.54) is 0 Å². The number of carbonyl (C=O) groups is 1. The van der Waals surface area contributed by atoms with Gasteiger partial charge in [-0.15, -0.1) is 0 Å². The number of carbonyl (C=O) groups excluding carboxylic acids is 1. The molecular weight excluding hydrogens is 270 g/mol. The lowest BCUT2D eigenvalue weighted by Crippen LogP contribution is -2.24. The van der Waals surface area contributed by atoms with Crippen LogP contribution in [0.4, 0.5) is 0 Å². The van der Waals surface area contributed by atoms with E-state index < -0.39 is 10.8 Å². The van der Waals surface area contributed by atoms with Gasteiger partial charge >= 0.3 is 0 Å². The van der Waals surface area contributed by atoms with Crippen LogP contribution in [0.25, 0.3) is 0 Å². The van der Waals surface area contributed by atoms with E-state index in [1.807, 2.05) is 37.3 Å². The van der Waals surface area contributed by atoms with E-state index in [9.17, 15) is 9.00 Å². The zero-order valence-electron chi connectivity index (χ0n) is 11.3. The third kappa shape index (κ3) is 3.54. The van der Waals surface area contributed by atoms with Crippen molar-refractivity contribution in [2.24, 2.45) is 0 Å². The standard InChI is InChI=1S/C16H17NO2S/c1-2-20(19)15-11-7-6-10-14(15)16(18)17-12-13-8-4-3-5-9-13/h3-11H,2,12H2,1H3,(H,17,18). The molecule has 1 unspecified atom stereocenters. The first-order valence-corrected chi connectivity index (χ1v) is 7.83.